The molecule has 0 unspecified atom stereocenters. The second-order valence-corrected chi connectivity index (χ2v) is 6.49. The van der Waals surface area contributed by atoms with E-state index >= 15 is 0 Å². The molecule has 6 nitrogen and oxygen atoms in total. The minimum Gasteiger partial charge on any atom is -0.376 e. The molecule has 1 aromatic carbocycles. The quantitative estimate of drug-likeness (QED) is 0.778. The summed E-state index contributed by atoms with van der Waals surface area (Å²) in [6.07, 6.45) is 9.14. The van der Waals surface area contributed by atoms with Gasteiger partial charge in [-0.25, -0.2) is 0 Å². The summed E-state index contributed by atoms with van der Waals surface area (Å²) in [4.78, 5) is 12.3. The highest BCUT2D eigenvalue weighted by Gasteiger charge is 2.15. The fourth-order valence-corrected chi connectivity index (χ4v) is 3.32. The molecule has 1 aliphatic rings. The van der Waals surface area contributed by atoms with Gasteiger partial charge < -0.3 is 14.6 Å². The molecule has 6 heteroatoms. The second-order valence-electron chi connectivity index (χ2n) is 6.49. The summed E-state index contributed by atoms with van der Waals surface area (Å²) < 4.78 is 9.52. The largest absolute Gasteiger partial charge is 0.376 e. The fraction of sp³-hybridized carbons (Fsp3) is 0.368. The number of fused-ring (bicyclic) bond motifs is 1. The summed E-state index contributed by atoms with van der Waals surface area (Å²) in [5.41, 5.74) is 1.78. The Labute approximate surface area is 146 Å². The van der Waals surface area contributed by atoms with Crippen molar-refractivity contribution in [3.8, 4) is 0 Å². The number of rotatable bonds is 5. The maximum absolute atomic E-state index is 12.3. The average Bonchev–Trinajstić information content (AvgIpc) is 3.23. The number of hydrogen-bond acceptors (Lipinski definition) is 3. The van der Waals surface area contributed by atoms with Crippen LogP contribution in [0.3, 0.4) is 0 Å². The van der Waals surface area contributed by atoms with E-state index in [1.807, 2.05) is 52.0 Å². The lowest BCUT2D eigenvalue weighted by Crippen LogP contribution is -2.24. The number of amides is 1. The molecule has 1 atom stereocenters. The minimum absolute atomic E-state index is 0.0604. The van der Waals surface area contributed by atoms with Gasteiger partial charge in [-0.3, -0.25) is 9.48 Å². The number of benzene rings is 1. The van der Waals surface area contributed by atoms with Crippen LogP contribution in [-0.4, -0.2) is 33.0 Å². The van der Waals surface area contributed by atoms with Crippen LogP contribution >= 0.6 is 0 Å². The van der Waals surface area contributed by atoms with Gasteiger partial charge in [0.25, 0.3) is 0 Å². The first-order valence-corrected chi connectivity index (χ1v) is 8.76. The van der Waals surface area contributed by atoms with E-state index < -0.39 is 0 Å². The highest BCUT2D eigenvalue weighted by molar-refractivity contribution is 5.91. The summed E-state index contributed by atoms with van der Waals surface area (Å²) in [7, 11) is 0. The third-order valence-electron chi connectivity index (χ3n) is 4.58. The van der Waals surface area contributed by atoms with Crippen LogP contribution in [0.25, 0.3) is 10.9 Å². The van der Waals surface area contributed by atoms with E-state index in [1.165, 1.54) is 6.42 Å². The molecule has 1 fully saturated rings. The summed E-state index contributed by atoms with van der Waals surface area (Å²) >= 11 is 0. The van der Waals surface area contributed by atoms with E-state index in [-0.39, 0.29) is 18.6 Å². The zero-order chi connectivity index (χ0) is 17.1. The first-order valence-electron chi connectivity index (χ1n) is 8.76. The number of nitrogens with zero attached hydrogens (tertiary/aromatic N) is 3. The van der Waals surface area contributed by atoms with Gasteiger partial charge in [0.1, 0.15) is 6.54 Å². The minimum atomic E-state index is -0.0604. The lowest BCUT2D eigenvalue weighted by atomic mass is 10.1. The van der Waals surface area contributed by atoms with Gasteiger partial charge in [0.15, 0.2) is 0 Å². The number of carbonyl (C=O) groups excluding carboxylic acids is 1. The van der Waals surface area contributed by atoms with Crippen LogP contribution in [0.1, 0.15) is 19.3 Å². The van der Waals surface area contributed by atoms with Crippen LogP contribution in [-0.2, 0) is 22.6 Å². The maximum Gasteiger partial charge on any atom is 0.244 e. The summed E-state index contributed by atoms with van der Waals surface area (Å²) in [5.74, 6) is -0.0604. The molecular weight excluding hydrogens is 316 g/mol. The number of ether oxygens (including phenoxy) is 1. The van der Waals surface area contributed by atoms with Gasteiger partial charge in [0, 0.05) is 24.5 Å². The monoisotopic (exact) mass is 338 g/mol. The lowest BCUT2D eigenvalue weighted by Gasteiger charge is -2.22. The van der Waals surface area contributed by atoms with Crippen molar-refractivity contribution in [1.82, 2.24) is 14.3 Å². The van der Waals surface area contributed by atoms with Crippen LogP contribution < -0.4 is 5.32 Å². The second kappa shape index (κ2) is 7.11. The number of aromatic nitrogens is 3. The van der Waals surface area contributed by atoms with E-state index in [0.717, 1.165) is 42.6 Å². The molecule has 0 spiro atoms. The van der Waals surface area contributed by atoms with E-state index in [2.05, 4.69) is 10.4 Å². The van der Waals surface area contributed by atoms with Crippen molar-refractivity contribution in [1.29, 1.82) is 0 Å². The Kier molecular flexibility index (Phi) is 4.52. The van der Waals surface area contributed by atoms with Crippen molar-refractivity contribution in [2.24, 2.45) is 0 Å². The van der Waals surface area contributed by atoms with Crippen molar-refractivity contribution in [3.63, 3.8) is 0 Å². The van der Waals surface area contributed by atoms with Crippen LogP contribution in [0.2, 0.25) is 0 Å². The highest BCUT2D eigenvalue weighted by Crippen LogP contribution is 2.17. The van der Waals surface area contributed by atoms with Crippen LogP contribution in [0, 0.1) is 0 Å². The number of carbonyl (C=O) groups is 1. The normalized spacial score (nSPS) is 17.7. The Balaban J connectivity index is 1.36. The van der Waals surface area contributed by atoms with E-state index in [1.54, 1.807) is 6.20 Å². The molecule has 25 heavy (non-hydrogen) atoms. The third kappa shape index (κ3) is 3.74. The molecule has 2 aromatic heterocycles. The lowest BCUT2D eigenvalue weighted by molar-refractivity contribution is -0.116. The predicted molar refractivity (Wildman–Crippen MR) is 96.4 cm³/mol. The molecule has 0 bridgehead atoms. The molecule has 3 aromatic rings. The van der Waals surface area contributed by atoms with Gasteiger partial charge in [-0.15, -0.1) is 0 Å². The van der Waals surface area contributed by atoms with Crippen molar-refractivity contribution >= 4 is 22.5 Å². The number of nitrogens with one attached hydrogen (secondary N) is 1. The topological polar surface area (TPSA) is 61.1 Å². The number of anilines is 1. The average molecular weight is 338 g/mol. The zero-order valence-corrected chi connectivity index (χ0v) is 14.1. The molecule has 0 aliphatic carbocycles. The van der Waals surface area contributed by atoms with Crippen LogP contribution in [0.15, 0.2) is 48.9 Å². The molecule has 1 amide bonds. The number of hydrogen-bond donors (Lipinski definition) is 1. The molecule has 4 rings (SSSR count). The summed E-state index contributed by atoms with van der Waals surface area (Å²) in [5, 5.41) is 8.38. The van der Waals surface area contributed by atoms with Gasteiger partial charge in [-0.05, 0) is 36.8 Å². The molecule has 1 N–H and O–H groups in total. The van der Waals surface area contributed by atoms with Crippen molar-refractivity contribution in [3.05, 3.63) is 48.9 Å². The highest BCUT2D eigenvalue weighted by atomic mass is 16.5. The van der Waals surface area contributed by atoms with Gasteiger partial charge in [-0.2, -0.15) is 5.10 Å². The Morgan fingerprint density at radius 1 is 1.28 bits per heavy atom. The third-order valence-corrected chi connectivity index (χ3v) is 4.58. The Morgan fingerprint density at radius 2 is 2.20 bits per heavy atom. The van der Waals surface area contributed by atoms with E-state index in [9.17, 15) is 4.79 Å². The smallest absolute Gasteiger partial charge is 0.244 e. The molecule has 0 saturated carbocycles. The van der Waals surface area contributed by atoms with Crippen LogP contribution in [0.5, 0.6) is 0 Å². The Bertz CT molecular complexity index is 861. The fourth-order valence-electron chi connectivity index (χ4n) is 3.32. The SMILES string of the molecule is O=C(Cn1ccc2ccccc21)Nc1cnn(C[C@@H]2CCCCO2)c1. The molecular formula is C19H22N4O2. The molecule has 1 aliphatic heterocycles. The zero-order valence-electron chi connectivity index (χ0n) is 14.1. The van der Waals surface area contributed by atoms with Crippen molar-refractivity contribution < 1.29 is 9.53 Å². The standard InChI is InChI=1S/C19H22N4O2/c24-19(14-22-9-8-15-5-1-2-7-18(15)22)21-16-11-20-23(12-16)13-17-6-3-4-10-25-17/h1-2,5,7-9,11-12,17H,3-4,6,10,13-14H2,(H,21,24)/t17-/m0/s1. The van der Waals surface area contributed by atoms with Gasteiger partial charge in [0.05, 0.1) is 24.5 Å². The first kappa shape index (κ1) is 15.9. The van der Waals surface area contributed by atoms with Crippen LogP contribution in [0.4, 0.5) is 5.69 Å². The van der Waals surface area contributed by atoms with Gasteiger partial charge in [-0.1, -0.05) is 18.2 Å². The molecule has 1 saturated heterocycles. The predicted octanol–water partition coefficient (Wildman–Crippen LogP) is 3.05. The van der Waals surface area contributed by atoms with Gasteiger partial charge >= 0.3 is 0 Å². The molecule has 3 heterocycles. The Morgan fingerprint density at radius 3 is 3.08 bits per heavy atom. The Hall–Kier alpha value is -2.60. The molecule has 0 radical (unpaired) electrons. The molecule has 130 valence electrons. The van der Waals surface area contributed by atoms with Crippen molar-refractivity contribution in [2.75, 3.05) is 11.9 Å². The summed E-state index contributed by atoms with van der Waals surface area (Å²) in [6, 6.07) is 10.1. The van der Waals surface area contributed by atoms with E-state index in [0.29, 0.717) is 0 Å². The van der Waals surface area contributed by atoms with Gasteiger partial charge in [0.2, 0.25) is 5.91 Å². The number of para-hydroxylation sites is 1. The van der Waals surface area contributed by atoms with E-state index in [4.69, 9.17) is 4.74 Å². The maximum atomic E-state index is 12.3. The van der Waals surface area contributed by atoms with Crippen molar-refractivity contribution in [2.45, 2.75) is 38.5 Å². The first-order chi connectivity index (χ1) is 12.3. The summed E-state index contributed by atoms with van der Waals surface area (Å²) in [6.45, 7) is 1.85.